The Morgan fingerprint density at radius 2 is 1.16 bits per heavy atom. The molecule has 0 aromatic heterocycles. The number of unbranched alkanes of at least 4 members (excludes halogenated alkanes) is 13. The van der Waals surface area contributed by atoms with Gasteiger partial charge in [-0.2, -0.15) is 0 Å². The molecule has 0 radical (unpaired) electrons. The summed E-state index contributed by atoms with van der Waals surface area (Å²) in [5.74, 6) is 0. The van der Waals surface area contributed by atoms with Crippen LogP contribution in [0.4, 0.5) is 4.39 Å². The highest BCUT2D eigenvalue weighted by Crippen LogP contribution is 2.16. The molecule has 0 aromatic carbocycles. The second-order valence-electron chi connectivity index (χ2n) is 7.37. The zero-order valence-electron chi connectivity index (χ0n) is 16.8. The number of hydrogen-bond donors (Lipinski definition) is 0. The van der Waals surface area contributed by atoms with Gasteiger partial charge in [-0.1, -0.05) is 106 Å². The first-order valence-electron chi connectivity index (χ1n) is 10.5. The van der Waals surface area contributed by atoms with Gasteiger partial charge in [0, 0.05) is 19.0 Å². The monoisotopic (exact) mass is 424 g/mol. The second kappa shape index (κ2) is 19.1. The number of hydrogen-bond acceptors (Lipinski definition) is 2. The summed E-state index contributed by atoms with van der Waals surface area (Å²) in [4.78, 5) is 0. The van der Waals surface area contributed by atoms with Crippen molar-refractivity contribution in [2.45, 2.75) is 102 Å². The van der Waals surface area contributed by atoms with Gasteiger partial charge in [0.15, 0.2) is 5.67 Å². The van der Waals surface area contributed by atoms with E-state index in [0.717, 1.165) is 6.42 Å². The van der Waals surface area contributed by atoms with Crippen LogP contribution in [0.5, 0.6) is 0 Å². The van der Waals surface area contributed by atoms with Gasteiger partial charge in [0.1, 0.15) is 0 Å². The molecule has 0 saturated heterocycles. The Hall–Kier alpha value is 0.330. The molecule has 0 saturated carbocycles. The number of alkyl halides is 2. The van der Waals surface area contributed by atoms with E-state index in [-0.39, 0.29) is 18.5 Å². The predicted octanol–water partition coefficient (Wildman–Crippen LogP) is 7.23. The highest BCUT2D eigenvalue weighted by Gasteiger charge is 2.28. The third-order valence-corrected chi connectivity index (χ3v) is 5.65. The molecule has 0 aliphatic heterocycles. The van der Waals surface area contributed by atoms with Crippen molar-refractivity contribution in [2.75, 3.05) is 32.3 Å². The maximum absolute atomic E-state index is 14.1. The molecule has 0 N–H and O–H groups in total. The molecule has 0 aromatic rings. The van der Waals surface area contributed by atoms with Crippen LogP contribution in [0.1, 0.15) is 96.8 Å². The SMILES string of the molecule is CCCCCCCCCCCCCCCCOCC(F)(CBr)COC. The summed E-state index contributed by atoms with van der Waals surface area (Å²) in [6, 6.07) is 0. The van der Waals surface area contributed by atoms with Crippen LogP contribution in [-0.4, -0.2) is 37.9 Å². The summed E-state index contributed by atoms with van der Waals surface area (Å²) in [7, 11) is 1.52. The van der Waals surface area contributed by atoms with E-state index >= 15 is 0 Å². The summed E-state index contributed by atoms with van der Waals surface area (Å²) in [6.45, 7) is 3.12. The van der Waals surface area contributed by atoms with E-state index in [4.69, 9.17) is 9.47 Å². The zero-order chi connectivity index (χ0) is 18.6. The van der Waals surface area contributed by atoms with Crippen molar-refractivity contribution in [3.63, 3.8) is 0 Å². The Kier molecular flexibility index (Phi) is 19.4. The molecular formula is C21H42BrFO2. The van der Waals surface area contributed by atoms with Gasteiger partial charge in [0.25, 0.3) is 0 Å². The molecule has 0 spiro atoms. The Morgan fingerprint density at radius 3 is 1.56 bits per heavy atom. The highest BCUT2D eigenvalue weighted by atomic mass is 79.9. The van der Waals surface area contributed by atoms with E-state index in [1.807, 2.05) is 0 Å². The van der Waals surface area contributed by atoms with Crippen molar-refractivity contribution in [2.24, 2.45) is 0 Å². The molecule has 2 nitrogen and oxygen atoms in total. The lowest BCUT2D eigenvalue weighted by molar-refractivity contribution is -0.0185. The fourth-order valence-electron chi connectivity index (χ4n) is 3.03. The fraction of sp³-hybridized carbons (Fsp3) is 1.00. The summed E-state index contributed by atoms with van der Waals surface area (Å²) >= 11 is 3.19. The Bertz CT molecular complexity index is 266. The molecule has 152 valence electrons. The van der Waals surface area contributed by atoms with E-state index in [1.165, 1.54) is 90.6 Å². The fourth-order valence-corrected chi connectivity index (χ4v) is 3.35. The van der Waals surface area contributed by atoms with Gasteiger partial charge in [0.2, 0.25) is 0 Å². The first kappa shape index (κ1) is 25.3. The standard InChI is InChI=1S/C21H42BrFO2/c1-3-4-5-6-7-8-9-10-11-12-13-14-15-16-17-25-20-21(23,18-22)19-24-2/h3-20H2,1-2H3. The van der Waals surface area contributed by atoms with Crippen molar-refractivity contribution in [1.29, 1.82) is 0 Å². The second-order valence-corrected chi connectivity index (χ2v) is 7.93. The number of halogens is 2. The Labute approximate surface area is 164 Å². The molecule has 4 heteroatoms. The van der Waals surface area contributed by atoms with Crippen molar-refractivity contribution in [1.82, 2.24) is 0 Å². The zero-order valence-corrected chi connectivity index (χ0v) is 18.4. The summed E-state index contributed by atoms with van der Waals surface area (Å²) < 4.78 is 24.5. The van der Waals surface area contributed by atoms with E-state index in [9.17, 15) is 4.39 Å². The number of ether oxygens (including phenoxy) is 2. The maximum Gasteiger partial charge on any atom is 0.166 e. The summed E-state index contributed by atoms with van der Waals surface area (Å²) in [5, 5.41) is 0.257. The minimum absolute atomic E-state index is 0.0803. The molecule has 25 heavy (non-hydrogen) atoms. The minimum atomic E-state index is -1.40. The van der Waals surface area contributed by atoms with Gasteiger partial charge in [0.05, 0.1) is 13.2 Å². The van der Waals surface area contributed by atoms with Gasteiger partial charge < -0.3 is 9.47 Å². The molecule has 0 heterocycles. The molecule has 1 atom stereocenters. The lowest BCUT2D eigenvalue weighted by atomic mass is 10.0. The smallest absolute Gasteiger partial charge is 0.166 e. The molecule has 0 aliphatic rings. The van der Waals surface area contributed by atoms with Gasteiger partial charge >= 0.3 is 0 Å². The normalized spacial score (nSPS) is 13.9. The van der Waals surface area contributed by atoms with Crippen molar-refractivity contribution in [3.8, 4) is 0 Å². The molecule has 0 bridgehead atoms. The van der Waals surface area contributed by atoms with Crippen LogP contribution in [0.25, 0.3) is 0 Å². The third kappa shape index (κ3) is 17.5. The van der Waals surface area contributed by atoms with Crippen LogP contribution in [0.15, 0.2) is 0 Å². The first-order valence-corrected chi connectivity index (χ1v) is 11.6. The lowest BCUT2D eigenvalue weighted by Crippen LogP contribution is -2.36. The number of methoxy groups -OCH3 is 1. The van der Waals surface area contributed by atoms with Crippen LogP contribution in [0.2, 0.25) is 0 Å². The van der Waals surface area contributed by atoms with Gasteiger partial charge in [-0.25, -0.2) is 4.39 Å². The molecule has 1 unspecified atom stereocenters. The lowest BCUT2D eigenvalue weighted by Gasteiger charge is -2.21. The van der Waals surface area contributed by atoms with Gasteiger partial charge in [-0.05, 0) is 6.42 Å². The van der Waals surface area contributed by atoms with Gasteiger partial charge in [-0.15, -0.1) is 0 Å². The highest BCUT2D eigenvalue weighted by molar-refractivity contribution is 9.09. The average Bonchev–Trinajstić information content (AvgIpc) is 2.61. The molecular weight excluding hydrogens is 383 g/mol. The van der Waals surface area contributed by atoms with E-state index < -0.39 is 5.67 Å². The summed E-state index contributed by atoms with van der Waals surface area (Å²) in [5.41, 5.74) is -1.40. The summed E-state index contributed by atoms with van der Waals surface area (Å²) in [6.07, 6.45) is 18.9. The Balaban J connectivity index is 3.19. The third-order valence-electron chi connectivity index (χ3n) is 4.65. The van der Waals surface area contributed by atoms with E-state index in [1.54, 1.807) is 0 Å². The maximum atomic E-state index is 14.1. The molecule has 0 aliphatic carbocycles. The van der Waals surface area contributed by atoms with Crippen molar-refractivity contribution in [3.05, 3.63) is 0 Å². The van der Waals surface area contributed by atoms with Crippen LogP contribution in [0.3, 0.4) is 0 Å². The molecule has 0 amide bonds. The molecule has 0 fully saturated rings. The quantitative estimate of drug-likeness (QED) is 0.151. The van der Waals surface area contributed by atoms with Crippen molar-refractivity contribution < 1.29 is 13.9 Å². The largest absolute Gasteiger partial charge is 0.381 e. The molecule has 0 rings (SSSR count). The predicted molar refractivity (Wildman–Crippen MR) is 111 cm³/mol. The van der Waals surface area contributed by atoms with Gasteiger partial charge in [-0.3, -0.25) is 0 Å². The van der Waals surface area contributed by atoms with E-state index in [0.29, 0.717) is 6.61 Å². The first-order chi connectivity index (χ1) is 12.2. The van der Waals surface area contributed by atoms with E-state index in [2.05, 4.69) is 22.9 Å². The van der Waals surface area contributed by atoms with Crippen LogP contribution in [-0.2, 0) is 9.47 Å². The minimum Gasteiger partial charge on any atom is -0.381 e. The Morgan fingerprint density at radius 1 is 0.720 bits per heavy atom. The average molecular weight is 425 g/mol. The topological polar surface area (TPSA) is 18.5 Å². The van der Waals surface area contributed by atoms with Crippen molar-refractivity contribution >= 4 is 15.9 Å². The van der Waals surface area contributed by atoms with Crippen LogP contribution >= 0.6 is 15.9 Å². The van der Waals surface area contributed by atoms with Crippen LogP contribution < -0.4 is 0 Å². The van der Waals surface area contributed by atoms with Crippen LogP contribution in [0, 0.1) is 0 Å². The number of rotatable bonds is 20.